The summed E-state index contributed by atoms with van der Waals surface area (Å²) < 4.78 is 4.69. The number of thioether (sulfide) groups is 1. The molecule has 2 aromatic carbocycles. The van der Waals surface area contributed by atoms with Crippen molar-refractivity contribution in [2.24, 2.45) is 5.73 Å². The summed E-state index contributed by atoms with van der Waals surface area (Å²) >= 11 is 7.11. The zero-order valence-electron chi connectivity index (χ0n) is 21.3. The van der Waals surface area contributed by atoms with Crippen LogP contribution < -0.4 is 27.0 Å². The number of nitrogens with one attached hydrogen (secondary N) is 4. The predicted molar refractivity (Wildman–Crippen MR) is 148 cm³/mol. The van der Waals surface area contributed by atoms with E-state index in [-0.39, 0.29) is 33.4 Å². The van der Waals surface area contributed by atoms with E-state index >= 15 is 0 Å². The molecule has 2 aromatic rings. The minimum Gasteiger partial charge on any atom is -0.506 e. The number of carboxylic acids is 1. The highest BCUT2D eigenvalue weighted by Crippen LogP contribution is 2.40. The van der Waals surface area contributed by atoms with Gasteiger partial charge in [-0.05, 0) is 29.8 Å². The van der Waals surface area contributed by atoms with Crippen molar-refractivity contribution in [3.63, 3.8) is 0 Å². The highest BCUT2D eigenvalue weighted by atomic mass is 35.5. The third-order valence-corrected chi connectivity index (χ3v) is 7.68. The Hall–Kier alpha value is -4.96. The summed E-state index contributed by atoms with van der Waals surface area (Å²) in [6, 6.07) is 7.30. The van der Waals surface area contributed by atoms with Gasteiger partial charge in [-0.1, -0.05) is 35.9 Å². The third kappa shape index (κ3) is 6.67. The molecule has 0 bridgehead atoms. The first kappa shape index (κ1) is 30.0. The number of ether oxygens (including phenoxy) is 1. The summed E-state index contributed by atoms with van der Waals surface area (Å²) in [7, 11) is 0. The number of halogens is 1. The Kier molecular flexibility index (Phi) is 9.07. The van der Waals surface area contributed by atoms with E-state index in [0.717, 1.165) is 16.7 Å². The van der Waals surface area contributed by atoms with Crippen LogP contribution in [0.4, 0.5) is 20.1 Å². The maximum absolute atomic E-state index is 13.4. The number of primary amides is 1. The summed E-state index contributed by atoms with van der Waals surface area (Å²) in [6.07, 6.45) is -1.12. The topological polar surface area (TPSA) is 229 Å². The third-order valence-electron chi connectivity index (χ3n) is 6.04. The Morgan fingerprint density at radius 1 is 1.12 bits per heavy atom. The molecule has 0 saturated carbocycles. The molecule has 0 aliphatic carbocycles. The maximum atomic E-state index is 13.4. The second-order valence-electron chi connectivity index (χ2n) is 8.82. The number of carbonyl (C=O) groups excluding carboxylic acids is 5. The summed E-state index contributed by atoms with van der Waals surface area (Å²) in [5.41, 5.74) is 5.21. The van der Waals surface area contributed by atoms with Gasteiger partial charge in [0.15, 0.2) is 0 Å². The molecule has 2 aliphatic heterocycles. The number of anilines is 1. The van der Waals surface area contributed by atoms with Gasteiger partial charge < -0.3 is 36.6 Å². The standard InChI is InChI=1S/C25H23ClN6O9S/c26-14-8-11(6-7-15(14)33)16(30-25(40)31-24(39)28-13-4-2-1-3-5-13)19(34)29-17-20(35)32-18(22(36)37)12(9-41-23(27)38)10-42-21(17)32/h1-8,16-17,21,33H,9-10H2,(H2,27,38)(H,29,34)(H,36,37)(H3,28,30,31,39,40)/t16?,17?,21-/m0/s1. The van der Waals surface area contributed by atoms with Crippen LogP contribution in [0.3, 0.4) is 0 Å². The number of phenolic OH excluding ortho intramolecular Hbond substituents is 1. The van der Waals surface area contributed by atoms with Crippen molar-refractivity contribution in [1.82, 2.24) is 20.9 Å². The van der Waals surface area contributed by atoms with Crippen LogP contribution in [0.5, 0.6) is 5.75 Å². The molecule has 0 radical (unpaired) electrons. The molecule has 2 heterocycles. The Bertz CT molecular complexity index is 1490. The molecule has 8 N–H and O–H groups in total. The van der Waals surface area contributed by atoms with Gasteiger partial charge >= 0.3 is 24.1 Å². The Labute approximate surface area is 246 Å². The molecular weight excluding hydrogens is 596 g/mol. The number of aromatic hydroxyl groups is 1. The number of fused-ring (bicyclic) bond motifs is 1. The SMILES string of the molecule is NC(=O)OCC1=C(C(=O)O)N2C(=O)C(NC(=O)C(NC(=O)NC(=O)Nc3ccccc3)c3ccc(O)c(Cl)c3)[C@@H]2SC1. The van der Waals surface area contributed by atoms with Gasteiger partial charge in [-0.25, -0.2) is 19.2 Å². The van der Waals surface area contributed by atoms with Gasteiger partial charge in [0.2, 0.25) is 5.91 Å². The lowest BCUT2D eigenvalue weighted by Gasteiger charge is -2.49. The van der Waals surface area contributed by atoms with Crippen LogP contribution in [0.25, 0.3) is 0 Å². The Balaban J connectivity index is 1.49. The lowest BCUT2D eigenvalue weighted by atomic mass is 10.0. The number of phenols is 1. The fourth-order valence-electron chi connectivity index (χ4n) is 4.15. The lowest BCUT2D eigenvalue weighted by molar-refractivity contribution is -0.151. The van der Waals surface area contributed by atoms with E-state index in [9.17, 15) is 39.0 Å². The van der Waals surface area contributed by atoms with Crippen molar-refractivity contribution in [3.8, 4) is 5.75 Å². The highest BCUT2D eigenvalue weighted by molar-refractivity contribution is 8.00. The number of aliphatic carboxylic acids is 1. The number of benzene rings is 2. The van der Waals surface area contributed by atoms with Gasteiger partial charge in [-0.15, -0.1) is 11.8 Å². The average molecular weight is 619 g/mol. The normalized spacial score (nSPS) is 18.1. The molecular formula is C25H23ClN6O9S. The number of β-lactam (4-membered cyclic amide) rings is 1. The van der Waals surface area contributed by atoms with Crippen LogP contribution in [0.2, 0.25) is 5.02 Å². The van der Waals surface area contributed by atoms with E-state index in [0.29, 0.717) is 5.69 Å². The van der Waals surface area contributed by atoms with E-state index in [1.54, 1.807) is 30.3 Å². The number of urea groups is 2. The molecule has 15 nitrogen and oxygen atoms in total. The van der Waals surface area contributed by atoms with Crippen molar-refractivity contribution in [3.05, 3.63) is 70.4 Å². The minimum absolute atomic E-state index is 0.0594. The number of imide groups is 1. The van der Waals surface area contributed by atoms with Gasteiger partial charge in [0.25, 0.3) is 5.91 Å². The van der Waals surface area contributed by atoms with Gasteiger partial charge in [-0.2, -0.15) is 0 Å². The smallest absolute Gasteiger partial charge is 0.404 e. The van der Waals surface area contributed by atoms with Gasteiger partial charge in [-0.3, -0.25) is 19.8 Å². The number of carboxylic acid groups (broad SMARTS) is 1. The van der Waals surface area contributed by atoms with Crippen molar-refractivity contribution < 1.29 is 43.7 Å². The van der Waals surface area contributed by atoms with Crippen LogP contribution in [0, 0.1) is 0 Å². The first-order valence-electron chi connectivity index (χ1n) is 12.0. The molecule has 42 heavy (non-hydrogen) atoms. The van der Waals surface area contributed by atoms with Crippen LogP contribution in [0.15, 0.2) is 59.8 Å². The summed E-state index contributed by atoms with van der Waals surface area (Å²) in [4.78, 5) is 75.2. The molecule has 7 amide bonds. The maximum Gasteiger partial charge on any atom is 0.404 e. The summed E-state index contributed by atoms with van der Waals surface area (Å²) in [5, 5.41) is 27.8. The molecule has 2 aliphatic rings. The number of nitrogens with two attached hydrogens (primary N) is 1. The second-order valence-corrected chi connectivity index (χ2v) is 10.3. The first-order valence-corrected chi connectivity index (χ1v) is 13.4. The second kappa shape index (κ2) is 12.7. The number of hydrogen-bond acceptors (Lipinski definition) is 9. The summed E-state index contributed by atoms with van der Waals surface area (Å²) in [6.45, 7) is -0.432. The zero-order chi connectivity index (χ0) is 30.6. The quantitative estimate of drug-likeness (QED) is 0.210. The van der Waals surface area contributed by atoms with Crippen LogP contribution in [0.1, 0.15) is 11.6 Å². The van der Waals surface area contributed by atoms with Gasteiger partial charge in [0, 0.05) is 17.0 Å². The highest BCUT2D eigenvalue weighted by Gasteiger charge is 2.54. The average Bonchev–Trinajstić information content (AvgIpc) is 2.94. The predicted octanol–water partition coefficient (Wildman–Crippen LogP) is 1.45. The number of rotatable bonds is 8. The fraction of sp³-hybridized carbons (Fsp3) is 0.200. The molecule has 1 fully saturated rings. The molecule has 3 atom stereocenters. The lowest BCUT2D eigenvalue weighted by Crippen LogP contribution is -2.71. The number of amides is 7. The molecule has 0 spiro atoms. The molecule has 1 saturated heterocycles. The Morgan fingerprint density at radius 2 is 1.83 bits per heavy atom. The van der Waals surface area contributed by atoms with Crippen molar-refractivity contribution >= 4 is 65.0 Å². The van der Waals surface area contributed by atoms with E-state index in [1.807, 2.05) is 5.32 Å². The largest absolute Gasteiger partial charge is 0.506 e. The van der Waals surface area contributed by atoms with Crippen molar-refractivity contribution in [1.29, 1.82) is 0 Å². The van der Waals surface area contributed by atoms with Crippen molar-refractivity contribution in [2.45, 2.75) is 17.5 Å². The van der Waals surface area contributed by atoms with Crippen LogP contribution in [-0.4, -0.2) is 74.8 Å². The number of carbonyl (C=O) groups is 6. The number of nitrogens with zero attached hydrogens (tertiary/aromatic N) is 1. The van der Waals surface area contributed by atoms with Gasteiger partial charge in [0.05, 0.1) is 5.02 Å². The van der Waals surface area contributed by atoms with Crippen LogP contribution >= 0.6 is 23.4 Å². The van der Waals surface area contributed by atoms with Crippen LogP contribution in [-0.2, 0) is 19.1 Å². The monoisotopic (exact) mass is 618 g/mol. The number of para-hydroxylation sites is 1. The van der Waals surface area contributed by atoms with E-state index in [2.05, 4.69) is 20.7 Å². The van der Waals surface area contributed by atoms with Crippen molar-refractivity contribution in [2.75, 3.05) is 17.7 Å². The van der Waals surface area contributed by atoms with E-state index in [4.69, 9.17) is 17.3 Å². The van der Waals surface area contributed by atoms with E-state index in [1.165, 1.54) is 18.2 Å². The molecule has 220 valence electrons. The summed E-state index contributed by atoms with van der Waals surface area (Å²) in [5.74, 6) is -3.32. The fourth-order valence-corrected chi connectivity index (χ4v) is 5.66. The molecule has 2 unspecified atom stereocenters. The van der Waals surface area contributed by atoms with E-state index < -0.39 is 60.0 Å². The number of hydrogen-bond donors (Lipinski definition) is 7. The minimum atomic E-state index is -1.50. The Morgan fingerprint density at radius 3 is 2.48 bits per heavy atom. The first-order chi connectivity index (χ1) is 20.0. The molecule has 0 aromatic heterocycles. The molecule has 4 rings (SSSR count). The van der Waals surface area contributed by atoms with Gasteiger partial charge in [0.1, 0.15) is 35.5 Å². The molecule has 17 heteroatoms. The zero-order valence-corrected chi connectivity index (χ0v) is 22.9.